The van der Waals surface area contributed by atoms with E-state index in [1.807, 2.05) is 29.2 Å². The Morgan fingerprint density at radius 1 is 1.29 bits per heavy atom. The van der Waals surface area contributed by atoms with Crippen LogP contribution in [0, 0.1) is 0 Å². The number of nitrogens with zero attached hydrogens (tertiary/aromatic N) is 1. The Morgan fingerprint density at radius 2 is 2.00 bits per heavy atom. The normalized spacial score (nSPS) is 21.5. The van der Waals surface area contributed by atoms with Crippen LogP contribution in [0.3, 0.4) is 0 Å². The van der Waals surface area contributed by atoms with Crippen LogP contribution in [0.4, 0.5) is 4.79 Å². The van der Waals surface area contributed by atoms with Gasteiger partial charge in [-0.05, 0) is 30.5 Å². The van der Waals surface area contributed by atoms with E-state index < -0.39 is 0 Å². The minimum atomic E-state index is -0.214. The molecule has 5 nitrogen and oxygen atoms in total. The molecule has 6 heteroatoms. The molecule has 2 aliphatic rings. The van der Waals surface area contributed by atoms with E-state index in [4.69, 9.17) is 0 Å². The minimum absolute atomic E-state index is 0.0667. The van der Waals surface area contributed by atoms with Gasteiger partial charge in [0.15, 0.2) is 0 Å². The lowest BCUT2D eigenvalue weighted by molar-refractivity contribution is -0.128. The molecule has 2 N–H and O–H groups in total. The smallest absolute Gasteiger partial charge is 0.315 e. The Kier molecular flexibility index (Phi) is 4.14. The zero-order valence-corrected chi connectivity index (χ0v) is 13.2. The van der Waals surface area contributed by atoms with Crippen molar-refractivity contribution in [3.63, 3.8) is 0 Å². The van der Waals surface area contributed by atoms with Gasteiger partial charge in [0.1, 0.15) is 0 Å². The van der Waals surface area contributed by atoms with Crippen molar-refractivity contribution in [3.8, 4) is 0 Å². The van der Waals surface area contributed by atoms with Gasteiger partial charge in [-0.25, -0.2) is 4.79 Å². The highest BCUT2D eigenvalue weighted by atomic mass is 79.9. The van der Waals surface area contributed by atoms with Gasteiger partial charge in [-0.2, -0.15) is 0 Å². The Morgan fingerprint density at radius 3 is 2.67 bits per heavy atom. The molecule has 2 fully saturated rings. The SMILES string of the molecule is O=C(NCc1ccc(Br)cc1)NC1CC(=O)N(C2CC2)C1. The lowest BCUT2D eigenvalue weighted by atomic mass is 10.2. The third-order valence-corrected chi connectivity index (χ3v) is 4.38. The predicted molar refractivity (Wildman–Crippen MR) is 82.7 cm³/mol. The fourth-order valence-electron chi connectivity index (χ4n) is 2.59. The van der Waals surface area contributed by atoms with E-state index in [-0.39, 0.29) is 18.0 Å². The highest BCUT2D eigenvalue weighted by Gasteiger charge is 2.39. The second kappa shape index (κ2) is 6.05. The Hall–Kier alpha value is -1.56. The van der Waals surface area contributed by atoms with Gasteiger partial charge in [0.2, 0.25) is 5.91 Å². The topological polar surface area (TPSA) is 61.4 Å². The first kappa shape index (κ1) is 14.4. The van der Waals surface area contributed by atoms with Crippen molar-refractivity contribution >= 4 is 27.9 Å². The summed E-state index contributed by atoms with van der Waals surface area (Å²) in [4.78, 5) is 25.6. The van der Waals surface area contributed by atoms with E-state index in [1.54, 1.807) is 0 Å². The predicted octanol–water partition coefficient (Wildman–Crippen LogP) is 2.01. The monoisotopic (exact) mass is 351 g/mol. The summed E-state index contributed by atoms with van der Waals surface area (Å²) >= 11 is 3.38. The molecule has 1 atom stereocenters. The van der Waals surface area contributed by atoms with E-state index in [0.717, 1.165) is 22.9 Å². The molecule has 3 amide bonds. The molecule has 112 valence electrons. The van der Waals surface area contributed by atoms with Gasteiger partial charge in [-0.1, -0.05) is 28.1 Å². The number of likely N-dealkylation sites (tertiary alicyclic amines) is 1. The molecule has 1 unspecified atom stereocenters. The van der Waals surface area contributed by atoms with Crippen LogP contribution >= 0.6 is 15.9 Å². The maximum Gasteiger partial charge on any atom is 0.315 e. The summed E-state index contributed by atoms with van der Waals surface area (Å²) < 4.78 is 1.01. The number of amides is 3. The van der Waals surface area contributed by atoms with Crippen LogP contribution in [0.25, 0.3) is 0 Å². The number of halogens is 1. The number of rotatable bonds is 4. The molecular formula is C15H18BrN3O2. The summed E-state index contributed by atoms with van der Waals surface area (Å²) in [6.45, 7) is 1.13. The molecule has 1 saturated carbocycles. The standard InChI is InChI=1S/C15H18BrN3O2/c16-11-3-1-10(2-4-11)8-17-15(21)18-12-7-14(20)19(9-12)13-5-6-13/h1-4,12-13H,5-9H2,(H2,17,18,21). The lowest BCUT2D eigenvalue weighted by Gasteiger charge is -2.16. The molecule has 3 rings (SSSR count). The van der Waals surface area contributed by atoms with Crippen molar-refractivity contribution in [2.75, 3.05) is 6.54 Å². The number of benzene rings is 1. The molecule has 1 heterocycles. The highest BCUT2D eigenvalue weighted by molar-refractivity contribution is 9.10. The van der Waals surface area contributed by atoms with E-state index in [1.165, 1.54) is 0 Å². The summed E-state index contributed by atoms with van der Waals surface area (Å²) in [5.74, 6) is 0.163. The van der Waals surface area contributed by atoms with Crippen molar-refractivity contribution in [1.29, 1.82) is 0 Å². The first-order valence-electron chi connectivity index (χ1n) is 7.20. The van der Waals surface area contributed by atoms with Crippen LogP contribution in [-0.2, 0) is 11.3 Å². The maximum absolute atomic E-state index is 11.9. The summed E-state index contributed by atoms with van der Waals surface area (Å²) in [5, 5.41) is 5.71. The van der Waals surface area contributed by atoms with Gasteiger partial charge < -0.3 is 15.5 Å². The van der Waals surface area contributed by atoms with Gasteiger partial charge in [-0.3, -0.25) is 4.79 Å². The average molecular weight is 352 g/mol. The molecule has 1 aliphatic heterocycles. The zero-order chi connectivity index (χ0) is 14.8. The second-order valence-corrected chi connectivity index (χ2v) is 6.55. The van der Waals surface area contributed by atoms with Crippen LogP contribution in [0.1, 0.15) is 24.8 Å². The van der Waals surface area contributed by atoms with E-state index in [2.05, 4.69) is 26.6 Å². The summed E-state index contributed by atoms with van der Waals surface area (Å²) in [6, 6.07) is 7.94. The third-order valence-electron chi connectivity index (χ3n) is 3.85. The first-order chi connectivity index (χ1) is 10.1. The molecule has 0 spiro atoms. The van der Waals surface area contributed by atoms with Gasteiger partial charge in [0.25, 0.3) is 0 Å². The number of hydrogen-bond acceptors (Lipinski definition) is 2. The first-order valence-corrected chi connectivity index (χ1v) is 7.99. The summed E-state index contributed by atoms with van der Waals surface area (Å²) in [5.41, 5.74) is 1.04. The zero-order valence-electron chi connectivity index (χ0n) is 11.6. The van der Waals surface area contributed by atoms with Crippen molar-refractivity contribution in [2.45, 2.75) is 37.9 Å². The molecule has 21 heavy (non-hydrogen) atoms. The van der Waals surface area contributed by atoms with Crippen LogP contribution in [0.5, 0.6) is 0 Å². The Labute approximate surface area is 132 Å². The Balaban J connectivity index is 1.44. The fourth-order valence-corrected chi connectivity index (χ4v) is 2.85. The van der Waals surface area contributed by atoms with Gasteiger partial charge >= 0.3 is 6.03 Å². The number of carbonyl (C=O) groups is 2. The van der Waals surface area contributed by atoms with Crippen molar-refractivity contribution in [1.82, 2.24) is 15.5 Å². The van der Waals surface area contributed by atoms with E-state index in [9.17, 15) is 9.59 Å². The number of carbonyl (C=O) groups excluding carboxylic acids is 2. The fraction of sp³-hybridized carbons (Fsp3) is 0.467. The maximum atomic E-state index is 11.9. The molecule has 0 aromatic heterocycles. The molecule has 1 aromatic carbocycles. The largest absolute Gasteiger partial charge is 0.338 e. The van der Waals surface area contributed by atoms with Crippen molar-refractivity contribution < 1.29 is 9.59 Å². The number of hydrogen-bond donors (Lipinski definition) is 2. The van der Waals surface area contributed by atoms with Crippen LogP contribution in [-0.4, -0.2) is 35.5 Å². The number of nitrogens with one attached hydrogen (secondary N) is 2. The highest BCUT2D eigenvalue weighted by Crippen LogP contribution is 2.30. The van der Waals surface area contributed by atoms with Crippen LogP contribution < -0.4 is 10.6 Å². The van der Waals surface area contributed by atoms with E-state index in [0.29, 0.717) is 25.6 Å². The van der Waals surface area contributed by atoms with Gasteiger partial charge in [0.05, 0.1) is 6.04 Å². The van der Waals surface area contributed by atoms with E-state index >= 15 is 0 Å². The Bertz CT molecular complexity index is 542. The average Bonchev–Trinajstić information content (AvgIpc) is 3.23. The molecular weight excluding hydrogens is 334 g/mol. The van der Waals surface area contributed by atoms with Crippen molar-refractivity contribution in [3.05, 3.63) is 34.3 Å². The second-order valence-electron chi connectivity index (χ2n) is 5.63. The molecule has 1 saturated heterocycles. The van der Waals surface area contributed by atoms with Gasteiger partial charge in [-0.15, -0.1) is 0 Å². The van der Waals surface area contributed by atoms with Crippen LogP contribution in [0.15, 0.2) is 28.7 Å². The molecule has 1 aliphatic carbocycles. The lowest BCUT2D eigenvalue weighted by Crippen LogP contribution is -2.43. The minimum Gasteiger partial charge on any atom is -0.338 e. The van der Waals surface area contributed by atoms with Gasteiger partial charge in [0, 0.05) is 30.0 Å². The summed E-state index contributed by atoms with van der Waals surface area (Å²) in [6.07, 6.45) is 2.63. The molecule has 1 aromatic rings. The van der Waals surface area contributed by atoms with Crippen molar-refractivity contribution in [2.24, 2.45) is 0 Å². The summed E-state index contributed by atoms with van der Waals surface area (Å²) in [7, 11) is 0. The molecule has 0 bridgehead atoms. The quantitative estimate of drug-likeness (QED) is 0.871. The number of urea groups is 1. The van der Waals surface area contributed by atoms with Crippen LogP contribution in [0.2, 0.25) is 0 Å². The third kappa shape index (κ3) is 3.75. The molecule has 0 radical (unpaired) electrons.